The molecule has 0 spiro atoms. The van der Waals surface area contributed by atoms with E-state index in [0.29, 0.717) is 13.0 Å². The monoisotopic (exact) mass is 797 g/mol. The molecule has 0 aromatic rings. The highest BCUT2D eigenvalue weighted by Crippen LogP contribution is 2.26. The first kappa shape index (κ1) is 51.1. The molecular formula is C41H80O12S. The molecule has 4 N–H and O–H groups in total. The van der Waals surface area contributed by atoms with Crippen LogP contribution >= 0.6 is 0 Å². The first-order valence-electron chi connectivity index (χ1n) is 21.8. The van der Waals surface area contributed by atoms with E-state index in [0.717, 1.165) is 38.5 Å². The third kappa shape index (κ3) is 27.7. The lowest BCUT2D eigenvalue weighted by Gasteiger charge is -2.41. The third-order valence-electron chi connectivity index (χ3n) is 10.2. The van der Waals surface area contributed by atoms with Crippen molar-refractivity contribution in [3.05, 3.63) is 0 Å². The van der Waals surface area contributed by atoms with Crippen molar-refractivity contribution in [1.29, 1.82) is 0 Å². The number of aliphatic hydroxyl groups excluding tert-OH is 3. The number of carbonyl (C=O) groups excluding carboxylic acids is 1. The molecule has 1 aliphatic rings. The van der Waals surface area contributed by atoms with Gasteiger partial charge >= 0.3 is 16.4 Å². The van der Waals surface area contributed by atoms with Gasteiger partial charge in [0.25, 0.3) is 0 Å². The van der Waals surface area contributed by atoms with Crippen molar-refractivity contribution in [2.75, 3.05) is 26.4 Å². The van der Waals surface area contributed by atoms with Gasteiger partial charge in [-0.15, -0.1) is 0 Å². The molecule has 0 bridgehead atoms. The summed E-state index contributed by atoms with van der Waals surface area (Å²) in [5.74, 6) is -0.413. The molecule has 0 saturated carbocycles. The van der Waals surface area contributed by atoms with Crippen LogP contribution in [0.15, 0.2) is 0 Å². The van der Waals surface area contributed by atoms with E-state index in [4.69, 9.17) is 23.5 Å². The van der Waals surface area contributed by atoms with E-state index in [1.165, 1.54) is 128 Å². The SMILES string of the molecule is CCCCCCCCCCCCCCCCCCCCCCCCCOCC(COC1OC(CO)C(O)C(OS(=O)(=O)O)C1O)OC(=O)CCCCCC. The minimum Gasteiger partial charge on any atom is -0.457 e. The maximum atomic E-state index is 12.5. The molecular weight excluding hydrogens is 717 g/mol. The summed E-state index contributed by atoms with van der Waals surface area (Å²) in [6, 6.07) is 0. The molecule has 0 amide bonds. The van der Waals surface area contributed by atoms with E-state index in [-0.39, 0.29) is 19.6 Å². The average molecular weight is 797 g/mol. The molecule has 1 saturated heterocycles. The fraction of sp³-hybridized carbons (Fsp3) is 0.976. The fourth-order valence-corrected chi connectivity index (χ4v) is 7.42. The second kappa shape index (κ2) is 34.2. The highest BCUT2D eigenvalue weighted by molar-refractivity contribution is 7.80. The van der Waals surface area contributed by atoms with Crippen LogP contribution in [0.25, 0.3) is 0 Å². The van der Waals surface area contributed by atoms with Gasteiger partial charge in [-0.05, 0) is 12.8 Å². The van der Waals surface area contributed by atoms with E-state index in [1.807, 2.05) is 0 Å². The summed E-state index contributed by atoms with van der Waals surface area (Å²) in [6.45, 7) is 3.88. The topological polar surface area (TPSA) is 178 Å². The smallest absolute Gasteiger partial charge is 0.397 e. The van der Waals surface area contributed by atoms with Crippen LogP contribution in [-0.2, 0) is 38.3 Å². The second-order valence-electron chi connectivity index (χ2n) is 15.3. The van der Waals surface area contributed by atoms with Crippen LogP contribution in [0.5, 0.6) is 0 Å². The molecule has 0 radical (unpaired) electrons. The Morgan fingerprint density at radius 2 is 1.06 bits per heavy atom. The summed E-state index contributed by atoms with van der Waals surface area (Å²) in [5, 5.41) is 30.4. The van der Waals surface area contributed by atoms with Crippen LogP contribution in [0, 0.1) is 0 Å². The van der Waals surface area contributed by atoms with E-state index in [2.05, 4.69) is 18.0 Å². The van der Waals surface area contributed by atoms with Crippen molar-refractivity contribution in [3.63, 3.8) is 0 Å². The molecule has 0 aromatic heterocycles. The van der Waals surface area contributed by atoms with Gasteiger partial charge in [-0.25, -0.2) is 4.18 Å². The molecule has 54 heavy (non-hydrogen) atoms. The number of carbonyl (C=O) groups is 1. The van der Waals surface area contributed by atoms with Crippen molar-refractivity contribution in [3.8, 4) is 0 Å². The molecule has 1 fully saturated rings. The summed E-state index contributed by atoms with van der Waals surface area (Å²) in [4.78, 5) is 12.5. The average Bonchev–Trinajstić information content (AvgIpc) is 3.14. The van der Waals surface area contributed by atoms with Crippen molar-refractivity contribution in [2.24, 2.45) is 0 Å². The van der Waals surface area contributed by atoms with E-state index < -0.39 is 59.8 Å². The number of ether oxygens (including phenoxy) is 4. The Morgan fingerprint density at radius 1 is 0.630 bits per heavy atom. The lowest BCUT2D eigenvalue weighted by Crippen LogP contribution is -2.60. The number of hydrogen-bond donors (Lipinski definition) is 4. The van der Waals surface area contributed by atoms with Crippen molar-refractivity contribution < 1.29 is 56.2 Å². The van der Waals surface area contributed by atoms with Gasteiger partial charge < -0.3 is 34.3 Å². The van der Waals surface area contributed by atoms with Gasteiger partial charge in [0.05, 0.1) is 19.8 Å². The molecule has 0 aromatic carbocycles. The van der Waals surface area contributed by atoms with Crippen LogP contribution < -0.4 is 0 Å². The predicted molar refractivity (Wildman–Crippen MR) is 211 cm³/mol. The maximum Gasteiger partial charge on any atom is 0.397 e. The summed E-state index contributed by atoms with van der Waals surface area (Å²) in [7, 11) is -5.05. The quantitative estimate of drug-likeness (QED) is 0.0266. The molecule has 6 unspecified atom stereocenters. The fourth-order valence-electron chi connectivity index (χ4n) is 6.91. The largest absolute Gasteiger partial charge is 0.457 e. The van der Waals surface area contributed by atoms with Crippen LogP contribution in [0.4, 0.5) is 0 Å². The highest BCUT2D eigenvalue weighted by Gasteiger charge is 2.48. The van der Waals surface area contributed by atoms with Gasteiger partial charge in [0.1, 0.15) is 30.5 Å². The van der Waals surface area contributed by atoms with Crippen LogP contribution in [0.2, 0.25) is 0 Å². The van der Waals surface area contributed by atoms with Crippen LogP contribution in [0.1, 0.15) is 194 Å². The molecule has 322 valence electrons. The lowest BCUT2D eigenvalue weighted by atomic mass is 9.99. The van der Waals surface area contributed by atoms with Crippen molar-refractivity contribution >= 4 is 16.4 Å². The van der Waals surface area contributed by atoms with Gasteiger partial charge in [-0.2, -0.15) is 8.42 Å². The summed E-state index contributed by atoms with van der Waals surface area (Å²) < 4.78 is 58.5. The number of esters is 1. The predicted octanol–water partition coefficient (Wildman–Crippen LogP) is 8.52. The standard InChI is InChI=1S/C41H80O12S/c1-3-5-7-9-10-11-12-13-14-15-16-17-18-19-20-21-22-23-24-25-26-27-29-31-49-33-35(51-37(43)30-28-8-6-4-2)34-50-41-39(45)40(53-54(46,47)48)38(44)36(32-42)52-41/h35-36,38-42,44-45H,3-34H2,1-2H3,(H,46,47,48). The van der Waals surface area contributed by atoms with E-state index >= 15 is 0 Å². The normalized spacial score (nSPS) is 21.0. The van der Waals surface area contributed by atoms with Crippen molar-refractivity contribution in [2.45, 2.75) is 230 Å². The maximum absolute atomic E-state index is 12.5. The van der Waals surface area contributed by atoms with E-state index in [1.54, 1.807) is 0 Å². The molecule has 1 rings (SSSR count). The van der Waals surface area contributed by atoms with Crippen molar-refractivity contribution in [1.82, 2.24) is 0 Å². The Hall–Kier alpha value is -0.900. The first-order valence-corrected chi connectivity index (χ1v) is 23.2. The summed E-state index contributed by atoms with van der Waals surface area (Å²) >= 11 is 0. The summed E-state index contributed by atoms with van der Waals surface area (Å²) in [5.41, 5.74) is 0. The number of aliphatic hydroxyl groups is 3. The third-order valence-corrected chi connectivity index (χ3v) is 10.7. The molecule has 6 atom stereocenters. The van der Waals surface area contributed by atoms with Gasteiger partial charge in [-0.1, -0.05) is 174 Å². The molecule has 12 nitrogen and oxygen atoms in total. The number of rotatable bonds is 38. The van der Waals surface area contributed by atoms with Crippen LogP contribution in [0.3, 0.4) is 0 Å². The zero-order valence-corrected chi connectivity index (χ0v) is 34.9. The molecule has 1 aliphatic heterocycles. The first-order chi connectivity index (χ1) is 26.1. The zero-order valence-electron chi connectivity index (χ0n) is 34.1. The van der Waals surface area contributed by atoms with Gasteiger partial charge in [0.2, 0.25) is 0 Å². The number of unbranched alkanes of at least 4 members (excludes halogenated alkanes) is 25. The zero-order chi connectivity index (χ0) is 39.7. The Kier molecular flexibility index (Phi) is 32.3. The van der Waals surface area contributed by atoms with Gasteiger partial charge in [0, 0.05) is 13.0 Å². The second-order valence-corrected chi connectivity index (χ2v) is 16.4. The Bertz CT molecular complexity index is 968. The molecule has 13 heteroatoms. The Labute approximate surface area is 328 Å². The number of hydrogen-bond acceptors (Lipinski definition) is 11. The Morgan fingerprint density at radius 3 is 1.48 bits per heavy atom. The highest BCUT2D eigenvalue weighted by atomic mass is 32.3. The van der Waals surface area contributed by atoms with Crippen LogP contribution in [-0.4, -0.2) is 97.5 Å². The van der Waals surface area contributed by atoms with Gasteiger partial charge in [0.15, 0.2) is 6.29 Å². The lowest BCUT2D eigenvalue weighted by molar-refractivity contribution is -0.301. The molecule has 1 heterocycles. The summed E-state index contributed by atoms with van der Waals surface area (Å²) in [6.07, 6.45) is 25.2. The van der Waals surface area contributed by atoms with Gasteiger partial charge in [-0.3, -0.25) is 9.35 Å². The van der Waals surface area contributed by atoms with E-state index in [9.17, 15) is 28.5 Å². The minimum atomic E-state index is -5.05. The molecule has 0 aliphatic carbocycles. The minimum absolute atomic E-state index is 0.0415. The Balaban J connectivity index is 2.19.